The number of likely N-dealkylation sites (tertiary alicyclic amines) is 2. The van der Waals surface area contributed by atoms with Crippen LogP contribution < -0.4 is 4.74 Å². The van der Waals surface area contributed by atoms with E-state index in [-0.39, 0.29) is 30.2 Å². The fourth-order valence-corrected chi connectivity index (χ4v) is 5.26. The maximum absolute atomic E-state index is 13.1. The first-order valence-electron chi connectivity index (χ1n) is 12.8. The number of piperazine rings is 1. The second-order valence-electron chi connectivity index (χ2n) is 9.79. The molecule has 1 atom stereocenters. The minimum Gasteiger partial charge on any atom is -0.484 e. The maximum Gasteiger partial charge on any atom is 0.260 e. The number of nitrogens with zero attached hydrogens (tertiary/aromatic N) is 4. The van der Waals surface area contributed by atoms with Crippen molar-refractivity contribution >= 4 is 17.7 Å². The lowest BCUT2D eigenvalue weighted by Gasteiger charge is -2.39. The second-order valence-corrected chi connectivity index (χ2v) is 9.79. The van der Waals surface area contributed by atoms with E-state index in [1.807, 2.05) is 40.1 Å². The number of carbonyl (C=O) groups excluding carboxylic acids is 3. The van der Waals surface area contributed by atoms with Crippen LogP contribution in [0.4, 0.5) is 0 Å². The van der Waals surface area contributed by atoms with Crippen molar-refractivity contribution in [3.63, 3.8) is 0 Å². The first kappa shape index (κ1) is 24.5. The second kappa shape index (κ2) is 11.7. The summed E-state index contributed by atoms with van der Waals surface area (Å²) in [5.41, 5.74) is 0. The Morgan fingerprint density at radius 3 is 2.21 bits per heavy atom. The zero-order valence-electron chi connectivity index (χ0n) is 20.4. The number of para-hydroxylation sites is 1. The van der Waals surface area contributed by atoms with Crippen LogP contribution in [0.15, 0.2) is 30.3 Å². The molecule has 4 rings (SSSR count). The van der Waals surface area contributed by atoms with Gasteiger partial charge in [-0.1, -0.05) is 18.2 Å². The Labute approximate surface area is 202 Å². The van der Waals surface area contributed by atoms with Gasteiger partial charge in [0.05, 0.1) is 6.54 Å². The maximum atomic E-state index is 13.1. The van der Waals surface area contributed by atoms with Crippen LogP contribution in [0.5, 0.6) is 5.75 Å². The highest BCUT2D eigenvalue weighted by Gasteiger charge is 2.32. The Bertz CT molecular complexity index is 832. The van der Waals surface area contributed by atoms with Crippen LogP contribution in [0.2, 0.25) is 0 Å². The summed E-state index contributed by atoms with van der Waals surface area (Å²) in [6.07, 6.45) is 4.80. The van der Waals surface area contributed by atoms with Crippen LogP contribution in [-0.2, 0) is 14.4 Å². The Morgan fingerprint density at radius 1 is 0.824 bits per heavy atom. The van der Waals surface area contributed by atoms with Gasteiger partial charge in [-0.3, -0.25) is 19.3 Å². The monoisotopic (exact) mass is 470 g/mol. The molecule has 0 N–H and O–H groups in total. The molecule has 3 fully saturated rings. The summed E-state index contributed by atoms with van der Waals surface area (Å²) in [6.45, 7) is 7.52. The van der Waals surface area contributed by atoms with Crippen LogP contribution in [0.3, 0.4) is 0 Å². The van der Waals surface area contributed by atoms with E-state index in [0.717, 1.165) is 32.5 Å². The summed E-state index contributed by atoms with van der Waals surface area (Å²) in [5, 5.41) is 0. The summed E-state index contributed by atoms with van der Waals surface area (Å²) < 4.78 is 5.57. The van der Waals surface area contributed by atoms with Crippen LogP contribution in [0.1, 0.15) is 39.0 Å². The van der Waals surface area contributed by atoms with Gasteiger partial charge in [-0.05, 0) is 51.2 Å². The molecule has 3 saturated heterocycles. The molecule has 186 valence electrons. The van der Waals surface area contributed by atoms with Gasteiger partial charge in [-0.2, -0.15) is 0 Å². The largest absolute Gasteiger partial charge is 0.484 e. The normalized spacial score (nSPS) is 22.5. The molecule has 3 aliphatic heterocycles. The molecule has 0 aromatic heterocycles. The van der Waals surface area contributed by atoms with E-state index in [0.29, 0.717) is 57.4 Å². The van der Waals surface area contributed by atoms with Gasteiger partial charge in [-0.25, -0.2) is 0 Å². The smallest absolute Gasteiger partial charge is 0.260 e. The average Bonchev–Trinajstić information content (AvgIpc) is 2.88. The zero-order chi connectivity index (χ0) is 23.9. The van der Waals surface area contributed by atoms with Crippen LogP contribution >= 0.6 is 0 Å². The number of piperidine rings is 2. The quantitative estimate of drug-likeness (QED) is 0.635. The van der Waals surface area contributed by atoms with Gasteiger partial charge in [0.25, 0.3) is 5.91 Å². The molecule has 3 aliphatic rings. The highest BCUT2D eigenvalue weighted by Crippen LogP contribution is 2.22. The molecule has 3 heterocycles. The molecule has 0 bridgehead atoms. The molecular formula is C26H38N4O4. The first-order chi connectivity index (χ1) is 16.5. The summed E-state index contributed by atoms with van der Waals surface area (Å²) in [7, 11) is 0. The molecule has 3 amide bonds. The average molecular weight is 471 g/mol. The Kier molecular flexibility index (Phi) is 8.43. The minimum atomic E-state index is -0.0314. The molecule has 0 spiro atoms. The van der Waals surface area contributed by atoms with Crippen molar-refractivity contribution in [2.24, 2.45) is 5.92 Å². The van der Waals surface area contributed by atoms with E-state index in [4.69, 9.17) is 4.74 Å². The van der Waals surface area contributed by atoms with Crippen LogP contribution in [0.25, 0.3) is 0 Å². The third-order valence-electron chi connectivity index (χ3n) is 7.47. The van der Waals surface area contributed by atoms with Crippen molar-refractivity contribution in [1.82, 2.24) is 19.6 Å². The van der Waals surface area contributed by atoms with Crippen molar-refractivity contribution in [1.29, 1.82) is 0 Å². The summed E-state index contributed by atoms with van der Waals surface area (Å²) in [6, 6.07) is 9.68. The number of carbonyl (C=O) groups is 3. The highest BCUT2D eigenvalue weighted by molar-refractivity contribution is 5.81. The summed E-state index contributed by atoms with van der Waals surface area (Å²) in [5.74, 6) is 1.05. The van der Waals surface area contributed by atoms with Gasteiger partial charge in [0.15, 0.2) is 6.61 Å². The van der Waals surface area contributed by atoms with E-state index < -0.39 is 0 Å². The predicted octanol–water partition coefficient (Wildman–Crippen LogP) is 1.85. The molecule has 1 aromatic rings. The number of ether oxygens (including phenoxy) is 1. The number of hydrogen-bond acceptors (Lipinski definition) is 5. The van der Waals surface area contributed by atoms with Crippen molar-refractivity contribution < 1.29 is 19.1 Å². The molecule has 0 aliphatic carbocycles. The molecular weight excluding hydrogens is 432 g/mol. The van der Waals surface area contributed by atoms with Crippen LogP contribution in [-0.4, -0.2) is 102 Å². The van der Waals surface area contributed by atoms with E-state index in [1.54, 1.807) is 4.90 Å². The Morgan fingerprint density at radius 2 is 1.53 bits per heavy atom. The van der Waals surface area contributed by atoms with Crippen molar-refractivity contribution in [3.8, 4) is 5.75 Å². The number of benzene rings is 1. The molecule has 1 unspecified atom stereocenters. The Balaban J connectivity index is 1.16. The summed E-state index contributed by atoms with van der Waals surface area (Å²) in [4.78, 5) is 46.2. The molecule has 1 aromatic carbocycles. The molecule has 0 radical (unpaired) electrons. The van der Waals surface area contributed by atoms with Gasteiger partial charge in [-0.15, -0.1) is 0 Å². The van der Waals surface area contributed by atoms with E-state index in [1.165, 1.54) is 6.42 Å². The van der Waals surface area contributed by atoms with Gasteiger partial charge in [0, 0.05) is 57.8 Å². The molecule has 34 heavy (non-hydrogen) atoms. The van der Waals surface area contributed by atoms with E-state index in [2.05, 4.69) is 11.8 Å². The zero-order valence-corrected chi connectivity index (χ0v) is 20.4. The highest BCUT2D eigenvalue weighted by atomic mass is 16.5. The van der Waals surface area contributed by atoms with Crippen LogP contribution in [0, 0.1) is 5.92 Å². The third kappa shape index (κ3) is 6.29. The number of amides is 3. The lowest BCUT2D eigenvalue weighted by molar-refractivity contribution is -0.143. The SMILES string of the molecule is CC1CCCCN1C(=O)CN1CCN(C(=O)C2CCN(C(=O)COc3ccccc3)CC2)CC1. The number of hydrogen-bond donors (Lipinski definition) is 0. The van der Waals surface area contributed by atoms with Gasteiger partial charge < -0.3 is 19.4 Å². The lowest BCUT2D eigenvalue weighted by atomic mass is 9.95. The lowest BCUT2D eigenvalue weighted by Crippen LogP contribution is -2.54. The van der Waals surface area contributed by atoms with Crippen molar-refractivity contribution in [3.05, 3.63) is 30.3 Å². The predicted molar refractivity (Wildman–Crippen MR) is 129 cm³/mol. The van der Waals surface area contributed by atoms with Gasteiger partial charge >= 0.3 is 0 Å². The fraction of sp³-hybridized carbons (Fsp3) is 0.654. The van der Waals surface area contributed by atoms with Crippen molar-refractivity contribution in [2.75, 3.05) is 59.0 Å². The van der Waals surface area contributed by atoms with E-state index in [9.17, 15) is 14.4 Å². The molecule has 0 saturated carbocycles. The minimum absolute atomic E-state index is 0.0264. The van der Waals surface area contributed by atoms with Gasteiger partial charge in [0.2, 0.25) is 11.8 Å². The fourth-order valence-electron chi connectivity index (χ4n) is 5.26. The Hall–Kier alpha value is -2.61. The van der Waals surface area contributed by atoms with Gasteiger partial charge in [0.1, 0.15) is 5.75 Å². The number of rotatable bonds is 6. The third-order valence-corrected chi connectivity index (χ3v) is 7.47. The topological polar surface area (TPSA) is 73.4 Å². The van der Waals surface area contributed by atoms with E-state index >= 15 is 0 Å². The molecule has 8 nitrogen and oxygen atoms in total. The first-order valence-corrected chi connectivity index (χ1v) is 12.8. The summed E-state index contributed by atoms with van der Waals surface area (Å²) >= 11 is 0. The van der Waals surface area contributed by atoms with Crippen molar-refractivity contribution in [2.45, 2.75) is 45.1 Å². The molecule has 8 heteroatoms. The standard InChI is InChI=1S/C26H38N4O4/c1-21-7-5-6-12-30(21)24(31)19-27-15-17-29(18-16-27)26(33)22-10-13-28(14-11-22)25(32)20-34-23-8-3-2-4-9-23/h2-4,8-9,21-22H,5-7,10-20H2,1H3.